The second kappa shape index (κ2) is 9.39. The van der Waals surface area contributed by atoms with Crippen molar-refractivity contribution in [1.82, 2.24) is 9.47 Å². The highest BCUT2D eigenvalue weighted by Crippen LogP contribution is 2.36. The number of halogens is 5. The number of alkyl halides is 3. The number of aryl methyl sites for hydroxylation is 2. The third kappa shape index (κ3) is 4.74. The standard InChI is InChI=1S/C25H23Cl2F3N2O3/c1-13-8-15(25(28,29)30)9-21-18(13)10-16(31(21)2)11-19-20(26)5-4-17(22(19)27)23(33)32-7-6-14(12-32)24(34)35-3/h4-5,8-10,14H,6-7,11-12H2,1-3H3. The first kappa shape index (κ1) is 25.4. The van der Waals surface area contributed by atoms with Crippen LogP contribution in [0, 0.1) is 12.8 Å². The van der Waals surface area contributed by atoms with Gasteiger partial charge in [0.05, 0.1) is 29.2 Å². The molecule has 4 rings (SSSR count). The first-order chi connectivity index (χ1) is 16.4. The molecular formula is C25H23Cl2F3N2O3. The van der Waals surface area contributed by atoms with Gasteiger partial charge in [0.1, 0.15) is 0 Å². The van der Waals surface area contributed by atoms with E-state index in [9.17, 15) is 22.8 Å². The Morgan fingerprint density at radius 1 is 1.17 bits per heavy atom. The maximum Gasteiger partial charge on any atom is 0.416 e. The van der Waals surface area contributed by atoms with Crippen molar-refractivity contribution in [3.05, 3.63) is 68.3 Å². The lowest BCUT2D eigenvalue weighted by Gasteiger charge is -2.19. The minimum Gasteiger partial charge on any atom is -0.469 e. The van der Waals surface area contributed by atoms with Crippen molar-refractivity contribution < 1.29 is 27.5 Å². The molecule has 1 saturated heterocycles. The van der Waals surface area contributed by atoms with Gasteiger partial charge in [0.15, 0.2) is 0 Å². The first-order valence-corrected chi connectivity index (χ1v) is 11.7. The Morgan fingerprint density at radius 3 is 2.54 bits per heavy atom. The molecule has 1 aromatic heterocycles. The molecular weight excluding hydrogens is 504 g/mol. The van der Waals surface area contributed by atoms with Crippen LogP contribution in [0.1, 0.15) is 39.2 Å². The van der Waals surface area contributed by atoms with Crippen molar-refractivity contribution in [2.45, 2.75) is 25.9 Å². The number of methoxy groups -OCH3 is 1. The molecule has 2 heterocycles. The smallest absolute Gasteiger partial charge is 0.416 e. The highest BCUT2D eigenvalue weighted by molar-refractivity contribution is 6.38. The van der Waals surface area contributed by atoms with Crippen LogP contribution in [0.5, 0.6) is 0 Å². The summed E-state index contributed by atoms with van der Waals surface area (Å²) in [5, 5.41) is 1.22. The van der Waals surface area contributed by atoms with E-state index in [0.717, 1.165) is 12.1 Å². The van der Waals surface area contributed by atoms with E-state index in [1.54, 1.807) is 35.6 Å². The normalized spacial score (nSPS) is 16.2. The van der Waals surface area contributed by atoms with Gasteiger partial charge in [-0.2, -0.15) is 13.2 Å². The lowest BCUT2D eigenvalue weighted by molar-refractivity contribution is -0.144. The summed E-state index contributed by atoms with van der Waals surface area (Å²) in [5.74, 6) is -1.06. The molecule has 1 aliphatic heterocycles. The van der Waals surface area contributed by atoms with Gasteiger partial charge in [0, 0.05) is 48.2 Å². The van der Waals surface area contributed by atoms with Gasteiger partial charge >= 0.3 is 12.1 Å². The Balaban J connectivity index is 1.67. The van der Waals surface area contributed by atoms with Crippen LogP contribution < -0.4 is 0 Å². The molecule has 0 bridgehead atoms. The summed E-state index contributed by atoms with van der Waals surface area (Å²) < 4.78 is 46.4. The molecule has 0 N–H and O–H groups in total. The fourth-order valence-corrected chi connectivity index (χ4v) is 5.16. The number of aromatic nitrogens is 1. The van der Waals surface area contributed by atoms with Crippen LogP contribution in [-0.4, -0.2) is 41.5 Å². The Kier molecular flexibility index (Phi) is 6.81. The number of hydrogen-bond donors (Lipinski definition) is 0. The third-order valence-corrected chi connectivity index (χ3v) is 7.37. The lowest BCUT2D eigenvalue weighted by atomic mass is 10.0. The van der Waals surface area contributed by atoms with Crippen molar-refractivity contribution >= 4 is 46.0 Å². The number of amides is 1. The molecule has 186 valence electrons. The van der Waals surface area contributed by atoms with Gasteiger partial charge < -0.3 is 14.2 Å². The first-order valence-electron chi connectivity index (χ1n) is 10.9. The molecule has 1 atom stereocenters. The van der Waals surface area contributed by atoms with E-state index >= 15 is 0 Å². The molecule has 35 heavy (non-hydrogen) atoms. The topological polar surface area (TPSA) is 51.5 Å². The maximum absolute atomic E-state index is 13.3. The fourth-order valence-electron chi connectivity index (χ4n) is 4.58. The number of rotatable bonds is 4. The number of ether oxygens (including phenoxy) is 1. The van der Waals surface area contributed by atoms with Gasteiger partial charge in [0.25, 0.3) is 5.91 Å². The Labute approximate surface area is 210 Å². The van der Waals surface area contributed by atoms with Crippen LogP contribution in [0.15, 0.2) is 30.3 Å². The highest BCUT2D eigenvalue weighted by atomic mass is 35.5. The van der Waals surface area contributed by atoms with E-state index in [-0.39, 0.29) is 41.3 Å². The highest BCUT2D eigenvalue weighted by Gasteiger charge is 2.34. The number of benzene rings is 2. The molecule has 3 aromatic rings. The van der Waals surface area contributed by atoms with E-state index in [2.05, 4.69) is 0 Å². The zero-order valence-corrected chi connectivity index (χ0v) is 20.8. The summed E-state index contributed by atoms with van der Waals surface area (Å²) in [6.45, 7) is 2.28. The number of nitrogens with zero attached hydrogens (tertiary/aromatic N) is 2. The molecule has 10 heteroatoms. The molecule has 2 aromatic carbocycles. The van der Waals surface area contributed by atoms with Gasteiger partial charge in [0.2, 0.25) is 0 Å². The van der Waals surface area contributed by atoms with Crippen molar-refractivity contribution in [3.8, 4) is 0 Å². The number of carbonyl (C=O) groups is 2. The molecule has 0 spiro atoms. The average molecular weight is 527 g/mol. The second-order valence-electron chi connectivity index (χ2n) is 8.74. The fraction of sp³-hybridized carbons (Fsp3) is 0.360. The molecule has 1 amide bonds. The minimum atomic E-state index is -4.45. The molecule has 5 nitrogen and oxygen atoms in total. The number of fused-ring (bicyclic) bond motifs is 1. The van der Waals surface area contributed by atoms with E-state index in [0.29, 0.717) is 45.7 Å². The van der Waals surface area contributed by atoms with Gasteiger partial charge in [-0.25, -0.2) is 0 Å². The van der Waals surface area contributed by atoms with Crippen molar-refractivity contribution in [3.63, 3.8) is 0 Å². The summed E-state index contributed by atoms with van der Waals surface area (Å²) in [6, 6.07) is 7.19. The van der Waals surface area contributed by atoms with E-state index < -0.39 is 11.7 Å². The monoisotopic (exact) mass is 526 g/mol. The van der Waals surface area contributed by atoms with Crippen molar-refractivity contribution in [2.24, 2.45) is 13.0 Å². The predicted octanol–water partition coefficient (Wildman–Crippen LogP) is 6.04. The SMILES string of the molecule is COC(=O)C1CCN(C(=O)c2ccc(Cl)c(Cc3cc4c(C)cc(C(F)(F)F)cc4n3C)c2Cl)C1. The molecule has 0 radical (unpaired) electrons. The van der Waals surface area contributed by atoms with Crippen LogP contribution in [0.4, 0.5) is 13.2 Å². The van der Waals surface area contributed by atoms with E-state index in [4.69, 9.17) is 27.9 Å². The van der Waals surface area contributed by atoms with Gasteiger partial charge in [-0.1, -0.05) is 23.2 Å². The summed E-state index contributed by atoms with van der Waals surface area (Å²) >= 11 is 13.1. The van der Waals surface area contributed by atoms with Crippen molar-refractivity contribution in [1.29, 1.82) is 0 Å². The van der Waals surface area contributed by atoms with Crippen LogP contribution in [0.3, 0.4) is 0 Å². The Morgan fingerprint density at radius 2 is 1.89 bits per heavy atom. The predicted molar refractivity (Wildman–Crippen MR) is 128 cm³/mol. The zero-order chi connectivity index (χ0) is 25.7. The number of carbonyl (C=O) groups excluding carboxylic acids is 2. The quantitative estimate of drug-likeness (QED) is 0.389. The molecule has 1 fully saturated rings. The summed E-state index contributed by atoms with van der Waals surface area (Å²) in [5.41, 5.74) is 1.69. The van der Waals surface area contributed by atoms with Crippen LogP contribution >= 0.6 is 23.2 Å². The van der Waals surface area contributed by atoms with Gasteiger partial charge in [-0.15, -0.1) is 0 Å². The second-order valence-corrected chi connectivity index (χ2v) is 9.53. The minimum absolute atomic E-state index is 0.182. The third-order valence-electron chi connectivity index (χ3n) is 6.58. The molecule has 0 aliphatic carbocycles. The van der Waals surface area contributed by atoms with Gasteiger partial charge in [-0.05, 0) is 54.8 Å². The number of hydrogen-bond acceptors (Lipinski definition) is 3. The van der Waals surface area contributed by atoms with Crippen molar-refractivity contribution in [2.75, 3.05) is 20.2 Å². The number of likely N-dealkylation sites (tertiary alicyclic amines) is 1. The molecule has 0 saturated carbocycles. The summed E-state index contributed by atoms with van der Waals surface area (Å²) in [6.07, 6.45) is -3.73. The van der Waals surface area contributed by atoms with E-state index in [1.165, 1.54) is 7.11 Å². The van der Waals surface area contributed by atoms with Crippen LogP contribution in [-0.2, 0) is 29.2 Å². The lowest BCUT2D eigenvalue weighted by Crippen LogP contribution is -2.30. The maximum atomic E-state index is 13.3. The Hall–Kier alpha value is -2.71. The summed E-state index contributed by atoms with van der Waals surface area (Å²) in [4.78, 5) is 26.5. The van der Waals surface area contributed by atoms with Crippen LogP contribution in [0.25, 0.3) is 10.9 Å². The molecule has 1 unspecified atom stereocenters. The average Bonchev–Trinajstić information content (AvgIpc) is 3.41. The summed E-state index contributed by atoms with van der Waals surface area (Å²) in [7, 11) is 3.00. The number of esters is 1. The van der Waals surface area contributed by atoms with Crippen LogP contribution in [0.2, 0.25) is 10.0 Å². The largest absolute Gasteiger partial charge is 0.469 e. The molecule has 1 aliphatic rings. The van der Waals surface area contributed by atoms with E-state index in [1.807, 2.05) is 6.07 Å². The van der Waals surface area contributed by atoms with Gasteiger partial charge in [-0.3, -0.25) is 9.59 Å². The Bertz CT molecular complexity index is 1330. The zero-order valence-electron chi connectivity index (χ0n) is 19.3.